The lowest BCUT2D eigenvalue weighted by atomic mass is 10.0. The summed E-state index contributed by atoms with van der Waals surface area (Å²) in [4.78, 5) is 26.1. The van der Waals surface area contributed by atoms with Crippen molar-refractivity contribution in [2.24, 2.45) is 0 Å². The summed E-state index contributed by atoms with van der Waals surface area (Å²) in [5, 5.41) is 3.60. The molecule has 0 aliphatic heterocycles. The largest absolute Gasteiger partial charge is 0.350 e. The molecular formula is C21H23Cl2FN2O2. The normalized spacial score (nSPS) is 12.1. The maximum atomic E-state index is 14.2. The second-order valence-corrected chi connectivity index (χ2v) is 7.59. The zero-order valence-corrected chi connectivity index (χ0v) is 17.6. The molecule has 7 heteroatoms. The first-order chi connectivity index (χ1) is 13.2. The third kappa shape index (κ3) is 5.77. The fourth-order valence-electron chi connectivity index (χ4n) is 2.79. The molecule has 1 N–H and O–H groups in total. The smallest absolute Gasteiger partial charge is 0.252 e. The summed E-state index contributed by atoms with van der Waals surface area (Å²) in [5.74, 6) is -1.04. The first-order valence-electron chi connectivity index (χ1n) is 8.94. The van der Waals surface area contributed by atoms with E-state index in [1.54, 1.807) is 25.1 Å². The van der Waals surface area contributed by atoms with Crippen LogP contribution in [-0.2, 0) is 6.42 Å². The van der Waals surface area contributed by atoms with E-state index >= 15 is 0 Å². The Morgan fingerprint density at radius 3 is 2.36 bits per heavy atom. The molecule has 4 nitrogen and oxygen atoms in total. The van der Waals surface area contributed by atoms with Crippen LogP contribution in [0.4, 0.5) is 4.39 Å². The second-order valence-electron chi connectivity index (χ2n) is 6.75. The van der Waals surface area contributed by atoms with Gasteiger partial charge in [0, 0.05) is 24.0 Å². The molecule has 0 bridgehead atoms. The van der Waals surface area contributed by atoms with E-state index in [0.717, 1.165) is 5.56 Å². The van der Waals surface area contributed by atoms with Crippen molar-refractivity contribution in [3.05, 3.63) is 69.0 Å². The number of benzene rings is 2. The molecule has 0 saturated heterocycles. The number of hydrogen-bond acceptors (Lipinski definition) is 3. The summed E-state index contributed by atoms with van der Waals surface area (Å²) in [6.07, 6.45) is 0.773. The fraction of sp³-hybridized carbons (Fsp3) is 0.333. The Bertz CT molecular complexity index is 871. The number of Topliss-reactive ketones (excluding diaryl/α,β-unsaturated/α-hetero) is 1. The molecule has 1 atom stereocenters. The van der Waals surface area contributed by atoms with Crippen molar-refractivity contribution in [1.82, 2.24) is 10.2 Å². The van der Waals surface area contributed by atoms with E-state index in [9.17, 15) is 14.0 Å². The zero-order valence-electron chi connectivity index (χ0n) is 16.1. The zero-order chi connectivity index (χ0) is 20.8. The van der Waals surface area contributed by atoms with Gasteiger partial charge in [-0.15, -0.1) is 0 Å². The molecule has 150 valence electrons. The lowest BCUT2D eigenvalue weighted by Crippen LogP contribution is -2.41. The minimum absolute atomic E-state index is 0.0675. The van der Waals surface area contributed by atoms with E-state index in [1.165, 1.54) is 18.2 Å². The van der Waals surface area contributed by atoms with Gasteiger partial charge < -0.3 is 10.2 Å². The number of halogens is 3. The van der Waals surface area contributed by atoms with Gasteiger partial charge in [-0.1, -0.05) is 36.2 Å². The quantitative estimate of drug-likeness (QED) is 0.628. The van der Waals surface area contributed by atoms with Gasteiger partial charge in [0.25, 0.3) is 5.91 Å². The molecule has 0 aliphatic rings. The highest BCUT2D eigenvalue weighted by atomic mass is 35.5. The number of carbonyl (C=O) groups is 2. The predicted molar refractivity (Wildman–Crippen MR) is 111 cm³/mol. The Morgan fingerprint density at radius 1 is 1.11 bits per heavy atom. The molecule has 0 aliphatic carbocycles. The molecule has 0 aromatic heterocycles. The maximum Gasteiger partial charge on any atom is 0.252 e. The predicted octanol–water partition coefficient (Wildman–Crippen LogP) is 4.63. The molecule has 2 rings (SSSR count). The van der Waals surface area contributed by atoms with Gasteiger partial charge in [0.1, 0.15) is 5.82 Å². The minimum Gasteiger partial charge on any atom is -0.350 e. The number of amides is 1. The van der Waals surface area contributed by atoms with Crippen LogP contribution in [0.15, 0.2) is 36.4 Å². The van der Waals surface area contributed by atoms with Crippen molar-refractivity contribution in [3.63, 3.8) is 0 Å². The number of likely N-dealkylation sites (N-methyl/N-ethyl adjacent to an activating group) is 1. The van der Waals surface area contributed by atoms with E-state index in [4.69, 9.17) is 23.2 Å². The van der Waals surface area contributed by atoms with Crippen molar-refractivity contribution < 1.29 is 14.0 Å². The Morgan fingerprint density at radius 2 is 1.79 bits per heavy atom. The standard InChI is InChI=1S/C21H23Cl2FN2O2/c1-4-20(27)17-7-5-13(10-19(17)24)9-15(26(2)3)12-25-21(28)16-8-6-14(22)11-18(16)23/h5-8,10-11,15H,4,9,12H2,1-3H3,(H,25,28)/t15-/m0/s1. The molecule has 2 aromatic carbocycles. The SMILES string of the molecule is CCC(=O)c1ccc(C[C@@H](CNC(=O)c2ccc(Cl)cc2Cl)N(C)C)cc1F. The number of ketones is 1. The van der Waals surface area contributed by atoms with Crippen LogP contribution in [0.2, 0.25) is 10.0 Å². The highest BCUT2D eigenvalue weighted by Crippen LogP contribution is 2.21. The molecule has 0 heterocycles. The molecule has 1 amide bonds. The Balaban J connectivity index is 2.06. The van der Waals surface area contributed by atoms with Crippen LogP contribution in [0.3, 0.4) is 0 Å². The fourth-order valence-corrected chi connectivity index (χ4v) is 3.29. The molecule has 0 spiro atoms. The molecule has 0 saturated carbocycles. The van der Waals surface area contributed by atoms with Gasteiger partial charge >= 0.3 is 0 Å². The Kier molecular flexibility index (Phi) is 7.98. The third-order valence-corrected chi connectivity index (χ3v) is 5.08. The van der Waals surface area contributed by atoms with Gasteiger partial charge in [-0.05, 0) is 56.4 Å². The first kappa shape index (κ1) is 22.3. The lowest BCUT2D eigenvalue weighted by molar-refractivity contribution is 0.0940. The van der Waals surface area contributed by atoms with Crippen LogP contribution in [-0.4, -0.2) is 43.3 Å². The first-order valence-corrected chi connectivity index (χ1v) is 9.69. The van der Waals surface area contributed by atoms with Crippen LogP contribution in [0, 0.1) is 5.82 Å². The monoisotopic (exact) mass is 424 g/mol. The molecule has 0 radical (unpaired) electrons. The van der Waals surface area contributed by atoms with Gasteiger partial charge in [-0.25, -0.2) is 4.39 Å². The van der Waals surface area contributed by atoms with Crippen LogP contribution in [0.5, 0.6) is 0 Å². The van der Waals surface area contributed by atoms with Gasteiger partial charge in [0.05, 0.1) is 16.1 Å². The number of rotatable bonds is 8. The Labute approximate surface area is 174 Å². The number of nitrogens with one attached hydrogen (secondary N) is 1. The lowest BCUT2D eigenvalue weighted by Gasteiger charge is -2.25. The molecule has 0 fully saturated rings. The summed E-state index contributed by atoms with van der Waals surface area (Å²) in [6.45, 7) is 2.05. The van der Waals surface area contributed by atoms with Crippen molar-refractivity contribution in [3.8, 4) is 0 Å². The van der Waals surface area contributed by atoms with Crippen LogP contribution < -0.4 is 5.32 Å². The van der Waals surface area contributed by atoms with Crippen molar-refractivity contribution >= 4 is 34.9 Å². The van der Waals surface area contributed by atoms with E-state index < -0.39 is 5.82 Å². The molecule has 0 unspecified atom stereocenters. The number of nitrogens with zero attached hydrogens (tertiary/aromatic N) is 1. The maximum absolute atomic E-state index is 14.2. The average molecular weight is 425 g/mol. The van der Waals surface area contributed by atoms with E-state index in [2.05, 4.69) is 5.32 Å². The molecular weight excluding hydrogens is 402 g/mol. The van der Waals surface area contributed by atoms with Gasteiger partial charge in [-0.2, -0.15) is 0 Å². The molecule has 28 heavy (non-hydrogen) atoms. The number of hydrogen-bond donors (Lipinski definition) is 1. The highest BCUT2D eigenvalue weighted by molar-refractivity contribution is 6.36. The number of carbonyl (C=O) groups excluding carboxylic acids is 2. The summed E-state index contributed by atoms with van der Waals surface area (Å²) >= 11 is 11.9. The van der Waals surface area contributed by atoms with E-state index in [1.807, 2.05) is 19.0 Å². The molecule has 2 aromatic rings. The van der Waals surface area contributed by atoms with E-state index in [0.29, 0.717) is 23.6 Å². The Hall–Kier alpha value is -1.95. The van der Waals surface area contributed by atoms with Crippen molar-refractivity contribution in [2.75, 3.05) is 20.6 Å². The van der Waals surface area contributed by atoms with E-state index in [-0.39, 0.29) is 34.7 Å². The average Bonchev–Trinajstić information content (AvgIpc) is 2.64. The third-order valence-electron chi connectivity index (χ3n) is 4.53. The summed E-state index contributed by atoms with van der Waals surface area (Å²) in [7, 11) is 3.77. The highest BCUT2D eigenvalue weighted by Gasteiger charge is 2.18. The van der Waals surface area contributed by atoms with Gasteiger partial charge in [-0.3, -0.25) is 9.59 Å². The van der Waals surface area contributed by atoms with Gasteiger partial charge in [0.15, 0.2) is 5.78 Å². The van der Waals surface area contributed by atoms with Crippen molar-refractivity contribution in [1.29, 1.82) is 0 Å². The second kappa shape index (κ2) is 10.0. The summed E-state index contributed by atoms with van der Waals surface area (Å²) in [5.41, 5.74) is 1.21. The topological polar surface area (TPSA) is 49.4 Å². The summed E-state index contributed by atoms with van der Waals surface area (Å²) < 4.78 is 14.2. The van der Waals surface area contributed by atoms with Crippen LogP contribution in [0.25, 0.3) is 0 Å². The van der Waals surface area contributed by atoms with Crippen molar-refractivity contribution in [2.45, 2.75) is 25.8 Å². The van der Waals surface area contributed by atoms with Crippen LogP contribution in [0.1, 0.15) is 39.6 Å². The van der Waals surface area contributed by atoms with Crippen LogP contribution >= 0.6 is 23.2 Å². The minimum atomic E-state index is -0.515. The van der Waals surface area contributed by atoms with Gasteiger partial charge in [0.2, 0.25) is 0 Å². The summed E-state index contributed by atoms with van der Waals surface area (Å²) in [6, 6.07) is 9.29.